The van der Waals surface area contributed by atoms with E-state index in [1.54, 1.807) is 12.1 Å². The number of nitrogens with two attached hydrogens (primary N) is 1. The Balaban J connectivity index is 2.06. The van der Waals surface area contributed by atoms with Crippen LogP contribution in [0.5, 0.6) is 5.75 Å². The summed E-state index contributed by atoms with van der Waals surface area (Å²) in [5.41, 5.74) is 5.52. The van der Waals surface area contributed by atoms with E-state index in [-0.39, 0.29) is 35.2 Å². The van der Waals surface area contributed by atoms with Gasteiger partial charge >= 0.3 is 0 Å². The summed E-state index contributed by atoms with van der Waals surface area (Å²) in [6, 6.07) is 6.30. The van der Waals surface area contributed by atoms with Gasteiger partial charge in [0.05, 0.1) is 24.0 Å². The Kier molecular flexibility index (Phi) is 5.70. The Labute approximate surface area is 168 Å². The quantitative estimate of drug-likeness (QED) is 0.766. The van der Waals surface area contributed by atoms with Gasteiger partial charge in [-0.15, -0.1) is 0 Å². The molecule has 1 atom stereocenters. The first-order valence-electron chi connectivity index (χ1n) is 8.94. The van der Waals surface area contributed by atoms with Gasteiger partial charge in [0, 0.05) is 24.7 Å². The predicted molar refractivity (Wildman–Crippen MR) is 104 cm³/mol. The van der Waals surface area contributed by atoms with Crippen molar-refractivity contribution in [2.24, 2.45) is 5.73 Å². The Bertz CT molecular complexity index is 1120. The van der Waals surface area contributed by atoms with Gasteiger partial charge in [-0.25, -0.2) is 13.4 Å². The molecule has 1 fully saturated rings. The Morgan fingerprint density at radius 2 is 2.17 bits per heavy atom. The Morgan fingerprint density at radius 1 is 1.41 bits per heavy atom. The number of primary amides is 1. The molecule has 0 radical (unpaired) electrons. The summed E-state index contributed by atoms with van der Waals surface area (Å²) < 4.78 is 31.9. The normalized spacial score (nSPS) is 17.0. The van der Waals surface area contributed by atoms with E-state index in [0.717, 1.165) is 0 Å². The SMILES string of the molecule is COc1cc2c(S(=O)(=O)[C@@H]3CCCN(C(=O)CC#N)C3)nccc2cc1C(N)=O. The van der Waals surface area contributed by atoms with Crippen molar-refractivity contribution in [3.63, 3.8) is 0 Å². The van der Waals surface area contributed by atoms with E-state index in [4.69, 9.17) is 15.7 Å². The number of ether oxygens (including phenoxy) is 1. The van der Waals surface area contributed by atoms with Crippen molar-refractivity contribution in [2.75, 3.05) is 20.2 Å². The van der Waals surface area contributed by atoms with Gasteiger partial charge in [0.2, 0.25) is 15.7 Å². The lowest BCUT2D eigenvalue weighted by atomic mass is 10.1. The average Bonchev–Trinajstić information content (AvgIpc) is 2.72. The molecule has 2 aromatic rings. The van der Waals surface area contributed by atoms with Crippen molar-refractivity contribution in [2.45, 2.75) is 29.5 Å². The summed E-state index contributed by atoms with van der Waals surface area (Å²) in [4.78, 5) is 29.2. The van der Waals surface area contributed by atoms with Crippen LogP contribution in [-0.2, 0) is 14.6 Å². The number of pyridine rings is 1. The number of carbonyl (C=O) groups is 2. The molecule has 2 amide bonds. The number of hydrogen-bond donors (Lipinski definition) is 1. The minimum absolute atomic E-state index is 0.0113. The van der Waals surface area contributed by atoms with Crippen LogP contribution in [0.15, 0.2) is 29.4 Å². The van der Waals surface area contributed by atoms with Gasteiger partial charge in [-0.1, -0.05) is 0 Å². The maximum absolute atomic E-state index is 13.3. The number of rotatable bonds is 5. The molecule has 1 aliphatic heterocycles. The van der Waals surface area contributed by atoms with Crippen LogP contribution in [0, 0.1) is 11.3 Å². The van der Waals surface area contributed by atoms with Crippen LogP contribution in [0.1, 0.15) is 29.6 Å². The predicted octanol–water partition coefficient (Wildman–Crippen LogP) is 1.02. The third-order valence-corrected chi connectivity index (χ3v) is 7.11. The second kappa shape index (κ2) is 8.05. The molecule has 0 aliphatic carbocycles. The van der Waals surface area contributed by atoms with E-state index in [1.807, 2.05) is 0 Å². The fourth-order valence-electron chi connectivity index (χ4n) is 3.52. The van der Waals surface area contributed by atoms with Gasteiger partial charge in [0.15, 0.2) is 5.03 Å². The molecule has 2 N–H and O–H groups in total. The highest BCUT2D eigenvalue weighted by Gasteiger charge is 2.35. The molecule has 0 unspecified atom stereocenters. The summed E-state index contributed by atoms with van der Waals surface area (Å²) in [6.45, 7) is 0.433. The Morgan fingerprint density at radius 3 is 2.83 bits per heavy atom. The molecule has 1 saturated heterocycles. The number of hydrogen-bond acceptors (Lipinski definition) is 7. The van der Waals surface area contributed by atoms with Gasteiger partial charge in [-0.3, -0.25) is 9.59 Å². The molecule has 10 heteroatoms. The largest absolute Gasteiger partial charge is 0.496 e. The zero-order valence-corrected chi connectivity index (χ0v) is 16.6. The highest BCUT2D eigenvalue weighted by Crippen LogP contribution is 2.32. The molecule has 1 aromatic heterocycles. The van der Waals surface area contributed by atoms with E-state index in [1.165, 1.54) is 30.3 Å². The molecule has 0 bridgehead atoms. The lowest BCUT2D eigenvalue weighted by Gasteiger charge is -2.32. The molecule has 152 valence electrons. The second-order valence-electron chi connectivity index (χ2n) is 6.74. The zero-order valence-electron chi connectivity index (χ0n) is 15.8. The third kappa shape index (κ3) is 3.86. The first kappa shape index (κ1) is 20.5. The van der Waals surface area contributed by atoms with E-state index in [0.29, 0.717) is 30.2 Å². The van der Waals surface area contributed by atoms with Gasteiger partial charge in [0.25, 0.3) is 5.91 Å². The van der Waals surface area contributed by atoms with Gasteiger partial charge in [-0.05, 0) is 36.4 Å². The van der Waals surface area contributed by atoms with Crippen molar-refractivity contribution < 1.29 is 22.7 Å². The van der Waals surface area contributed by atoms with Crippen molar-refractivity contribution in [1.29, 1.82) is 5.26 Å². The van der Waals surface area contributed by atoms with Crippen molar-refractivity contribution in [3.8, 4) is 11.8 Å². The molecule has 9 nitrogen and oxygen atoms in total. The summed E-state index contributed by atoms with van der Waals surface area (Å²) in [5, 5.41) is 8.56. The molecule has 1 aromatic carbocycles. The van der Waals surface area contributed by atoms with Crippen molar-refractivity contribution in [1.82, 2.24) is 9.88 Å². The first-order valence-corrected chi connectivity index (χ1v) is 10.5. The Hall–Kier alpha value is -3.19. The molecular formula is C19H20N4O5S. The number of nitrogens with zero attached hydrogens (tertiary/aromatic N) is 3. The van der Waals surface area contributed by atoms with E-state index >= 15 is 0 Å². The summed E-state index contributed by atoms with van der Waals surface area (Å²) >= 11 is 0. The van der Waals surface area contributed by atoms with E-state index in [2.05, 4.69) is 4.98 Å². The molecule has 0 saturated carbocycles. The lowest BCUT2D eigenvalue weighted by Crippen LogP contribution is -2.45. The van der Waals surface area contributed by atoms with Crippen LogP contribution >= 0.6 is 0 Å². The monoisotopic (exact) mass is 416 g/mol. The number of piperidine rings is 1. The van der Waals surface area contributed by atoms with E-state index < -0.39 is 21.0 Å². The topological polar surface area (TPSA) is 143 Å². The standard InChI is InChI=1S/C19H20N4O5S/c1-28-16-10-14-12(9-15(16)18(21)25)5-7-22-19(14)29(26,27)13-3-2-8-23(11-13)17(24)4-6-20/h5,7,9-10,13H,2-4,8,11H2,1H3,(H2,21,25)/t13-/m1/s1. The second-order valence-corrected chi connectivity index (χ2v) is 8.88. The minimum Gasteiger partial charge on any atom is -0.496 e. The van der Waals surface area contributed by atoms with Gasteiger partial charge in [0.1, 0.15) is 12.2 Å². The maximum atomic E-state index is 13.3. The number of nitriles is 1. The number of aromatic nitrogens is 1. The van der Waals surface area contributed by atoms with Crippen LogP contribution in [0.25, 0.3) is 10.8 Å². The number of fused-ring (bicyclic) bond motifs is 1. The molecule has 1 aliphatic rings. The number of benzene rings is 1. The van der Waals surface area contributed by atoms with Crippen LogP contribution in [0.3, 0.4) is 0 Å². The van der Waals surface area contributed by atoms with Crippen LogP contribution in [0.2, 0.25) is 0 Å². The zero-order chi connectivity index (χ0) is 21.2. The first-order chi connectivity index (χ1) is 13.8. The molecule has 29 heavy (non-hydrogen) atoms. The number of carbonyl (C=O) groups excluding carboxylic acids is 2. The molecular weight excluding hydrogens is 396 g/mol. The fourth-order valence-corrected chi connectivity index (χ4v) is 5.38. The number of likely N-dealkylation sites (tertiary alicyclic amines) is 1. The van der Waals surface area contributed by atoms with Gasteiger partial charge < -0.3 is 15.4 Å². The van der Waals surface area contributed by atoms with Crippen LogP contribution in [-0.4, -0.2) is 55.6 Å². The summed E-state index contributed by atoms with van der Waals surface area (Å²) in [7, 11) is -2.53. The number of methoxy groups -OCH3 is 1. The van der Waals surface area contributed by atoms with Gasteiger partial charge in [-0.2, -0.15) is 5.26 Å². The van der Waals surface area contributed by atoms with Crippen molar-refractivity contribution in [3.05, 3.63) is 30.0 Å². The molecule has 2 heterocycles. The fraction of sp³-hybridized carbons (Fsp3) is 0.368. The minimum atomic E-state index is -3.89. The van der Waals surface area contributed by atoms with Crippen LogP contribution < -0.4 is 10.5 Å². The highest BCUT2D eigenvalue weighted by molar-refractivity contribution is 7.92. The summed E-state index contributed by atoms with van der Waals surface area (Å²) in [5.74, 6) is -0.918. The van der Waals surface area contributed by atoms with Crippen molar-refractivity contribution >= 4 is 32.4 Å². The van der Waals surface area contributed by atoms with E-state index in [9.17, 15) is 18.0 Å². The summed E-state index contributed by atoms with van der Waals surface area (Å²) in [6.07, 6.45) is 1.97. The number of amides is 2. The molecule has 0 spiro atoms. The maximum Gasteiger partial charge on any atom is 0.252 e. The smallest absolute Gasteiger partial charge is 0.252 e. The average molecular weight is 416 g/mol. The third-order valence-electron chi connectivity index (χ3n) is 4.98. The lowest BCUT2D eigenvalue weighted by molar-refractivity contribution is -0.130. The number of sulfone groups is 1. The van der Waals surface area contributed by atoms with Crippen LogP contribution in [0.4, 0.5) is 0 Å². The highest BCUT2D eigenvalue weighted by atomic mass is 32.2. The molecule has 3 rings (SSSR count).